The highest BCUT2D eigenvalue weighted by atomic mass is 35.5. The average molecular weight is 415 g/mol. The average Bonchev–Trinajstić information content (AvgIpc) is 2.57. The molecule has 0 radical (unpaired) electrons. The summed E-state index contributed by atoms with van der Waals surface area (Å²) < 4.78 is 31.7. The van der Waals surface area contributed by atoms with Crippen LogP contribution < -0.4 is 10.6 Å². The van der Waals surface area contributed by atoms with Gasteiger partial charge < -0.3 is 15.7 Å². The van der Waals surface area contributed by atoms with Crippen LogP contribution in [0.5, 0.6) is 0 Å². The standard InChI is InChI=1S/C14H18Cl2N2O.C2HF3O2/c1-9(10-5-6-11(15)12(16)8-10)18-14(19)13-4-2-3-7-17-13;3-2(4,5)1(6)7/h5-6,8-9,13,17H,2-4,7H2,1H3,(H,18,19);(H,6,7)/t9-,13+;/m0./s1. The normalized spacial score (nSPS) is 18.3. The summed E-state index contributed by atoms with van der Waals surface area (Å²) in [5.74, 6) is -2.70. The van der Waals surface area contributed by atoms with E-state index in [1.807, 2.05) is 13.0 Å². The van der Waals surface area contributed by atoms with E-state index in [2.05, 4.69) is 10.6 Å². The van der Waals surface area contributed by atoms with Gasteiger partial charge in [0.1, 0.15) is 0 Å². The van der Waals surface area contributed by atoms with E-state index in [4.69, 9.17) is 33.1 Å². The van der Waals surface area contributed by atoms with E-state index in [1.54, 1.807) is 12.1 Å². The molecule has 1 amide bonds. The highest BCUT2D eigenvalue weighted by molar-refractivity contribution is 6.42. The predicted molar refractivity (Wildman–Crippen MR) is 92.4 cm³/mol. The minimum Gasteiger partial charge on any atom is -0.475 e. The number of carboxylic acids is 1. The van der Waals surface area contributed by atoms with Crippen molar-refractivity contribution in [2.24, 2.45) is 0 Å². The van der Waals surface area contributed by atoms with Gasteiger partial charge in [-0.25, -0.2) is 4.79 Å². The molecular weight excluding hydrogens is 396 g/mol. The number of amides is 1. The number of carbonyl (C=O) groups excluding carboxylic acids is 1. The Bertz CT molecular complexity index is 636. The molecule has 26 heavy (non-hydrogen) atoms. The number of aliphatic carboxylic acids is 1. The highest BCUT2D eigenvalue weighted by Crippen LogP contribution is 2.25. The van der Waals surface area contributed by atoms with Crippen molar-refractivity contribution < 1.29 is 27.9 Å². The molecule has 1 saturated heterocycles. The Hall–Kier alpha value is -1.51. The van der Waals surface area contributed by atoms with Crippen LogP contribution in [0.2, 0.25) is 10.0 Å². The fraction of sp³-hybridized carbons (Fsp3) is 0.500. The molecule has 2 atom stereocenters. The number of hydrogen-bond donors (Lipinski definition) is 3. The Balaban J connectivity index is 0.000000412. The van der Waals surface area contributed by atoms with Gasteiger partial charge in [-0.05, 0) is 44.0 Å². The lowest BCUT2D eigenvalue weighted by Gasteiger charge is -2.24. The van der Waals surface area contributed by atoms with E-state index >= 15 is 0 Å². The van der Waals surface area contributed by atoms with Crippen LogP contribution in [-0.2, 0) is 9.59 Å². The molecule has 1 aromatic rings. The third-order valence-corrected chi connectivity index (χ3v) is 4.41. The first-order valence-electron chi connectivity index (χ1n) is 7.81. The lowest BCUT2D eigenvalue weighted by atomic mass is 10.0. The lowest BCUT2D eigenvalue weighted by Crippen LogP contribution is -2.47. The fourth-order valence-electron chi connectivity index (χ4n) is 2.25. The third kappa shape index (κ3) is 7.39. The molecule has 5 nitrogen and oxygen atoms in total. The zero-order valence-corrected chi connectivity index (χ0v) is 15.4. The first-order chi connectivity index (χ1) is 12.0. The maximum Gasteiger partial charge on any atom is 0.490 e. The van der Waals surface area contributed by atoms with E-state index in [-0.39, 0.29) is 18.0 Å². The molecule has 1 fully saturated rings. The van der Waals surface area contributed by atoms with Gasteiger partial charge in [0.2, 0.25) is 5.91 Å². The summed E-state index contributed by atoms with van der Waals surface area (Å²) in [6.07, 6.45) is -1.93. The lowest BCUT2D eigenvalue weighted by molar-refractivity contribution is -0.192. The zero-order valence-electron chi connectivity index (χ0n) is 13.9. The highest BCUT2D eigenvalue weighted by Gasteiger charge is 2.38. The van der Waals surface area contributed by atoms with Crippen LogP contribution >= 0.6 is 23.2 Å². The van der Waals surface area contributed by atoms with Crippen molar-refractivity contribution in [2.45, 2.75) is 44.4 Å². The predicted octanol–water partition coefficient (Wildman–Crippen LogP) is 3.95. The number of benzene rings is 1. The monoisotopic (exact) mass is 414 g/mol. The number of piperidine rings is 1. The van der Waals surface area contributed by atoms with E-state index in [0.717, 1.165) is 31.4 Å². The van der Waals surface area contributed by atoms with Gasteiger partial charge >= 0.3 is 12.1 Å². The molecule has 1 heterocycles. The number of halogens is 5. The first-order valence-corrected chi connectivity index (χ1v) is 8.56. The molecule has 146 valence electrons. The molecule has 0 unspecified atom stereocenters. The van der Waals surface area contributed by atoms with E-state index < -0.39 is 12.1 Å². The number of rotatable bonds is 3. The Morgan fingerprint density at radius 3 is 2.35 bits per heavy atom. The molecule has 1 aliphatic rings. The molecular formula is C16H19Cl2F3N2O3. The molecule has 0 spiro atoms. The number of carbonyl (C=O) groups is 2. The van der Waals surface area contributed by atoms with Gasteiger partial charge in [-0.3, -0.25) is 4.79 Å². The SMILES string of the molecule is C[C@H](NC(=O)[C@H]1CCCCN1)c1ccc(Cl)c(Cl)c1.O=C(O)C(F)(F)F. The first kappa shape index (κ1) is 22.5. The van der Waals surface area contributed by atoms with Crippen molar-refractivity contribution in [1.29, 1.82) is 0 Å². The number of nitrogens with one attached hydrogen (secondary N) is 2. The van der Waals surface area contributed by atoms with Crippen LogP contribution in [0.1, 0.15) is 37.8 Å². The molecule has 10 heteroatoms. The van der Waals surface area contributed by atoms with Crippen molar-refractivity contribution in [1.82, 2.24) is 10.6 Å². The Morgan fingerprint density at radius 1 is 1.27 bits per heavy atom. The van der Waals surface area contributed by atoms with E-state index in [9.17, 15) is 18.0 Å². The van der Waals surface area contributed by atoms with Gasteiger partial charge in [-0.15, -0.1) is 0 Å². The third-order valence-electron chi connectivity index (χ3n) is 3.67. The Morgan fingerprint density at radius 2 is 1.88 bits per heavy atom. The van der Waals surface area contributed by atoms with Gasteiger partial charge in [0.25, 0.3) is 0 Å². The largest absolute Gasteiger partial charge is 0.490 e. The molecule has 1 aromatic carbocycles. The second-order valence-electron chi connectivity index (χ2n) is 5.71. The molecule has 1 aliphatic heterocycles. The second kappa shape index (κ2) is 9.99. The minimum atomic E-state index is -5.08. The minimum absolute atomic E-state index is 0.0540. The Kier molecular flexibility index (Phi) is 8.66. The van der Waals surface area contributed by atoms with Crippen LogP contribution in [0.4, 0.5) is 13.2 Å². The van der Waals surface area contributed by atoms with Gasteiger partial charge in [0.15, 0.2) is 0 Å². The Labute approximate surface area is 158 Å². The van der Waals surface area contributed by atoms with E-state index in [1.165, 1.54) is 0 Å². The zero-order chi connectivity index (χ0) is 19.9. The van der Waals surface area contributed by atoms with Gasteiger partial charge in [-0.2, -0.15) is 13.2 Å². The van der Waals surface area contributed by atoms with Crippen molar-refractivity contribution in [3.8, 4) is 0 Å². The summed E-state index contributed by atoms with van der Waals surface area (Å²) in [7, 11) is 0. The maximum atomic E-state index is 12.1. The van der Waals surface area contributed by atoms with Crippen LogP contribution in [0, 0.1) is 0 Å². The second-order valence-corrected chi connectivity index (χ2v) is 6.52. The number of hydrogen-bond acceptors (Lipinski definition) is 3. The van der Waals surface area contributed by atoms with E-state index in [0.29, 0.717) is 10.0 Å². The van der Waals surface area contributed by atoms with Crippen molar-refractivity contribution in [2.75, 3.05) is 6.54 Å². The van der Waals surface area contributed by atoms with Gasteiger partial charge in [-0.1, -0.05) is 35.7 Å². The molecule has 0 bridgehead atoms. The quantitative estimate of drug-likeness (QED) is 0.699. The summed E-state index contributed by atoms with van der Waals surface area (Å²) >= 11 is 11.9. The summed E-state index contributed by atoms with van der Waals surface area (Å²) in [5, 5.41) is 14.4. The molecule has 0 aromatic heterocycles. The molecule has 0 aliphatic carbocycles. The van der Waals surface area contributed by atoms with Gasteiger partial charge in [0, 0.05) is 0 Å². The number of carboxylic acid groups (broad SMARTS) is 1. The molecule has 3 N–H and O–H groups in total. The summed E-state index contributed by atoms with van der Waals surface area (Å²) in [4.78, 5) is 21.0. The van der Waals surface area contributed by atoms with Crippen LogP contribution in [-0.4, -0.2) is 35.7 Å². The van der Waals surface area contributed by atoms with Crippen molar-refractivity contribution in [3.63, 3.8) is 0 Å². The molecule has 0 saturated carbocycles. The van der Waals surface area contributed by atoms with Crippen molar-refractivity contribution in [3.05, 3.63) is 33.8 Å². The number of alkyl halides is 3. The fourth-order valence-corrected chi connectivity index (χ4v) is 2.56. The summed E-state index contributed by atoms with van der Waals surface area (Å²) in [5.41, 5.74) is 0.957. The summed E-state index contributed by atoms with van der Waals surface area (Å²) in [6.45, 7) is 2.86. The molecule has 2 rings (SSSR count). The van der Waals surface area contributed by atoms with Crippen LogP contribution in [0.3, 0.4) is 0 Å². The maximum absolute atomic E-state index is 12.1. The summed E-state index contributed by atoms with van der Waals surface area (Å²) in [6, 6.07) is 5.28. The van der Waals surface area contributed by atoms with Gasteiger partial charge in [0.05, 0.1) is 22.1 Å². The van der Waals surface area contributed by atoms with Crippen LogP contribution in [0.15, 0.2) is 18.2 Å². The smallest absolute Gasteiger partial charge is 0.475 e. The topological polar surface area (TPSA) is 78.4 Å². The van der Waals surface area contributed by atoms with Crippen LogP contribution in [0.25, 0.3) is 0 Å². The van der Waals surface area contributed by atoms with Crippen molar-refractivity contribution >= 4 is 35.1 Å².